The summed E-state index contributed by atoms with van der Waals surface area (Å²) in [5.41, 5.74) is 4.89. The lowest BCUT2D eigenvalue weighted by Gasteiger charge is -1.88. The second-order valence-corrected chi connectivity index (χ2v) is 2.72. The Labute approximate surface area is 62.9 Å². The Hall–Kier alpha value is -0.900. The zero-order valence-corrected chi connectivity index (χ0v) is 6.10. The number of rotatable bonds is 3. The highest BCUT2D eigenvalue weighted by molar-refractivity contribution is 7.09. The van der Waals surface area contributed by atoms with E-state index in [1.54, 1.807) is 6.20 Å². The van der Waals surface area contributed by atoms with Crippen molar-refractivity contribution >= 4 is 17.2 Å². The molecule has 0 saturated heterocycles. The molecule has 0 aliphatic rings. The van der Waals surface area contributed by atoms with Crippen LogP contribution in [-0.2, 0) is 11.2 Å². The molecule has 2 N–H and O–H groups in total. The van der Waals surface area contributed by atoms with E-state index in [1.165, 1.54) is 17.8 Å². The molecule has 0 saturated carbocycles. The van der Waals surface area contributed by atoms with Gasteiger partial charge in [0.15, 0.2) is 0 Å². The number of hydrogen-bond acceptors (Lipinski definition) is 3. The highest BCUT2D eigenvalue weighted by atomic mass is 32.1. The molecule has 4 heteroatoms. The van der Waals surface area contributed by atoms with Crippen LogP contribution >= 0.6 is 11.3 Å². The van der Waals surface area contributed by atoms with Crippen LogP contribution in [0.25, 0.3) is 0 Å². The van der Waals surface area contributed by atoms with Crippen LogP contribution in [0.5, 0.6) is 0 Å². The monoisotopic (exact) mass is 155 g/mol. The lowest BCUT2D eigenvalue weighted by molar-refractivity contribution is -0.115. The van der Waals surface area contributed by atoms with Crippen LogP contribution in [0.2, 0.25) is 0 Å². The second kappa shape index (κ2) is 3.31. The van der Waals surface area contributed by atoms with Gasteiger partial charge in [0.25, 0.3) is 0 Å². The first-order chi connectivity index (χ1) is 4.79. The minimum absolute atomic E-state index is 0.393. The first-order valence-electron chi connectivity index (χ1n) is 2.80. The summed E-state index contributed by atoms with van der Waals surface area (Å²) in [6.45, 7) is 0. The Balaban J connectivity index is 2.35. The van der Waals surface area contributed by atoms with Crippen LogP contribution in [0.15, 0.2) is 11.6 Å². The fourth-order valence-corrected chi connectivity index (χ4v) is 1.12. The van der Waals surface area contributed by atoms with Gasteiger partial charge in [-0.05, 0) is 0 Å². The van der Waals surface area contributed by atoms with Crippen molar-refractivity contribution in [1.29, 1.82) is 0 Å². The molecular weight excluding hydrogens is 148 g/mol. The third kappa shape index (κ3) is 2.14. The van der Waals surface area contributed by atoms with E-state index in [0.717, 1.165) is 5.01 Å². The molecule has 0 atom stereocenters. The smallest absolute Gasteiger partial charge is 0.221 e. The van der Waals surface area contributed by atoms with Crippen molar-refractivity contribution in [2.75, 3.05) is 0 Å². The van der Waals surface area contributed by atoms with Crippen LogP contribution in [0.1, 0.15) is 5.01 Å². The molecule has 0 bridgehead atoms. The van der Waals surface area contributed by atoms with Crippen LogP contribution < -0.4 is 5.73 Å². The van der Waals surface area contributed by atoms with Gasteiger partial charge in [-0.15, -0.1) is 11.3 Å². The number of thiazole rings is 1. The van der Waals surface area contributed by atoms with E-state index < -0.39 is 5.91 Å². The van der Waals surface area contributed by atoms with Crippen LogP contribution in [0.3, 0.4) is 0 Å². The van der Waals surface area contributed by atoms with Crippen molar-refractivity contribution in [3.63, 3.8) is 0 Å². The lowest BCUT2D eigenvalue weighted by Crippen LogP contribution is -2.11. The zero-order valence-electron chi connectivity index (χ0n) is 5.28. The second-order valence-electron chi connectivity index (χ2n) is 1.74. The number of nitrogens with two attached hydrogens (primary N) is 1. The zero-order chi connectivity index (χ0) is 7.40. The number of nitrogens with zero attached hydrogens (tertiary/aromatic N) is 1. The van der Waals surface area contributed by atoms with Crippen molar-refractivity contribution in [3.8, 4) is 0 Å². The number of carbonyl (C=O) groups is 1. The number of primary amides is 1. The molecular formula is C6H7N2OS. The molecule has 1 rings (SSSR count). The van der Waals surface area contributed by atoms with Gasteiger partial charge in [-0.3, -0.25) is 4.79 Å². The molecule has 1 amide bonds. The topological polar surface area (TPSA) is 56.0 Å². The fraction of sp³-hybridized carbons (Fsp3) is 0.167. The van der Waals surface area contributed by atoms with Crippen LogP contribution in [0.4, 0.5) is 0 Å². The van der Waals surface area contributed by atoms with Gasteiger partial charge in [0.1, 0.15) is 0 Å². The summed E-state index contributed by atoms with van der Waals surface area (Å²) >= 11 is 1.51. The molecule has 53 valence electrons. The fourth-order valence-electron chi connectivity index (χ4n) is 0.542. The maximum atomic E-state index is 10.2. The molecule has 3 nitrogen and oxygen atoms in total. The molecule has 1 radical (unpaired) electrons. The average molecular weight is 155 g/mol. The highest BCUT2D eigenvalue weighted by Crippen LogP contribution is 2.05. The Kier molecular flexibility index (Phi) is 2.39. The molecule has 0 unspecified atom stereocenters. The number of carbonyl (C=O) groups excluding carboxylic acids is 1. The van der Waals surface area contributed by atoms with Crippen LogP contribution in [-0.4, -0.2) is 10.9 Å². The Morgan fingerprint density at radius 3 is 3.20 bits per heavy atom. The molecule has 0 aromatic carbocycles. The van der Waals surface area contributed by atoms with Gasteiger partial charge in [-0.2, -0.15) is 0 Å². The molecule has 10 heavy (non-hydrogen) atoms. The Bertz CT molecular complexity index is 208. The third-order valence-corrected chi connectivity index (χ3v) is 1.76. The number of hydrogen-bond donors (Lipinski definition) is 1. The lowest BCUT2D eigenvalue weighted by atomic mass is 10.3. The number of aromatic nitrogens is 1. The Morgan fingerprint density at radius 1 is 1.90 bits per heavy atom. The summed E-state index contributed by atoms with van der Waals surface area (Å²) in [6.07, 6.45) is 3.67. The molecule has 0 spiro atoms. The third-order valence-electron chi connectivity index (χ3n) is 0.961. The summed E-state index contributed by atoms with van der Waals surface area (Å²) in [4.78, 5) is 14.2. The van der Waals surface area contributed by atoms with E-state index in [1.807, 2.05) is 5.38 Å². The van der Waals surface area contributed by atoms with Gasteiger partial charge < -0.3 is 5.73 Å². The van der Waals surface area contributed by atoms with Gasteiger partial charge in [0, 0.05) is 18.0 Å². The summed E-state index contributed by atoms with van der Waals surface area (Å²) in [6, 6.07) is 0. The predicted octanol–water partition coefficient (Wildman–Crippen LogP) is 0.375. The molecule has 1 aromatic heterocycles. The van der Waals surface area contributed by atoms with Crippen molar-refractivity contribution in [2.45, 2.75) is 6.42 Å². The van der Waals surface area contributed by atoms with Gasteiger partial charge >= 0.3 is 0 Å². The molecule has 0 aliphatic heterocycles. The van der Waals surface area contributed by atoms with Crippen molar-refractivity contribution in [2.24, 2.45) is 5.73 Å². The van der Waals surface area contributed by atoms with Gasteiger partial charge in [0.05, 0.1) is 11.4 Å². The van der Waals surface area contributed by atoms with Gasteiger partial charge in [-0.1, -0.05) is 0 Å². The summed E-state index contributed by atoms with van der Waals surface area (Å²) in [7, 11) is 0. The van der Waals surface area contributed by atoms with E-state index in [4.69, 9.17) is 5.73 Å². The molecule has 1 aromatic rings. The maximum Gasteiger partial charge on any atom is 0.221 e. The number of amides is 1. The van der Waals surface area contributed by atoms with Crippen molar-refractivity contribution in [1.82, 2.24) is 4.98 Å². The maximum absolute atomic E-state index is 10.2. The largest absolute Gasteiger partial charge is 0.369 e. The van der Waals surface area contributed by atoms with Gasteiger partial charge in [0.2, 0.25) is 5.91 Å². The van der Waals surface area contributed by atoms with E-state index in [9.17, 15) is 4.79 Å². The minimum atomic E-state index is -0.393. The van der Waals surface area contributed by atoms with E-state index in [2.05, 4.69) is 4.98 Å². The summed E-state index contributed by atoms with van der Waals surface area (Å²) in [5, 5.41) is 2.78. The SMILES string of the molecule is NC(=O)[CH]Cc1nccs1. The summed E-state index contributed by atoms with van der Waals surface area (Å²) in [5.74, 6) is -0.393. The average Bonchev–Trinajstić information content (AvgIpc) is 2.34. The molecule has 0 aliphatic carbocycles. The Morgan fingerprint density at radius 2 is 2.70 bits per heavy atom. The highest BCUT2D eigenvalue weighted by Gasteiger charge is 1.98. The van der Waals surface area contributed by atoms with E-state index in [-0.39, 0.29) is 0 Å². The van der Waals surface area contributed by atoms with Crippen molar-refractivity contribution in [3.05, 3.63) is 23.0 Å². The first-order valence-corrected chi connectivity index (χ1v) is 3.68. The summed E-state index contributed by atoms with van der Waals surface area (Å²) < 4.78 is 0. The first kappa shape index (κ1) is 7.21. The quantitative estimate of drug-likeness (QED) is 0.685. The van der Waals surface area contributed by atoms with E-state index in [0.29, 0.717) is 6.42 Å². The normalized spacial score (nSPS) is 9.60. The van der Waals surface area contributed by atoms with Crippen LogP contribution in [0, 0.1) is 6.42 Å². The predicted molar refractivity (Wildman–Crippen MR) is 39.3 cm³/mol. The molecule has 1 heterocycles. The standard InChI is InChI=1S/C6H7N2OS/c7-5(9)1-2-6-8-3-4-10-6/h1,3-4H,2H2,(H2,7,9). The van der Waals surface area contributed by atoms with Gasteiger partial charge in [-0.25, -0.2) is 4.98 Å². The van der Waals surface area contributed by atoms with Crippen molar-refractivity contribution < 1.29 is 4.79 Å². The van der Waals surface area contributed by atoms with E-state index >= 15 is 0 Å². The minimum Gasteiger partial charge on any atom is -0.369 e. The molecule has 0 fully saturated rings.